The van der Waals surface area contributed by atoms with Gasteiger partial charge in [-0.15, -0.1) is 0 Å². The van der Waals surface area contributed by atoms with E-state index in [1.807, 2.05) is 0 Å². The van der Waals surface area contributed by atoms with Gasteiger partial charge in [0, 0.05) is 12.1 Å². The van der Waals surface area contributed by atoms with Gasteiger partial charge in [-0.25, -0.2) is 4.39 Å². The number of hydrogen-bond donors (Lipinski definition) is 1. The van der Waals surface area contributed by atoms with Crippen LogP contribution in [-0.4, -0.2) is 19.1 Å². The summed E-state index contributed by atoms with van der Waals surface area (Å²) in [4.78, 5) is 11.9. The molecule has 114 valence electrons. The van der Waals surface area contributed by atoms with Crippen molar-refractivity contribution in [3.63, 3.8) is 0 Å². The largest absolute Gasteiger partial charge is 0.494 e. The summed E-state index contributed by atoms with van der Waals surface area (Å²) in [5, 5.41) is 3.00. The van der Waals surface area contributed by atoms with Crippen molar-refractivity contribution in [1.82, 2.24) is 5.32 Å². The number of methoxy groups -OCH3 is 1. The number of nitrogens with one attached hydrogen (secondary N) is 1. The Morgan fingerprint density at radius 1 is 1.33 bits per heavy atom. The van der Waals surface area contributed by atoms with Gasteiger partial charge < -0.3 is 10.1 Å². The maximum atomic E-state index is 13.5. The Balaban J connectivity index is 1.88. The van der Waals surface area contributed by atoms with Gasteiger partial charge in [0.05, 0.1) is 7.11 Å². The molecule has 4 heteroatoms. The highest BCUT2D eigenvalue weighted by Gasteiger charge is 2.18. The maximum Gasteiger partial charge on any atom is 0.244 e. The predicted octanol–water partition coefficient (Wildman–Crippen LogP) is 3.54. The Bertz CT molecular complexity index is 520. The minimum Gasteiger partial charge on any atom is -0.494 e. The molecule has 1 aromatic carbocycles. The van der Waals surface area contributed by atoms with Crippen molar-refractivity contribution in [3.8, 4) is 5.75 Å². The van der Waals surface area contributed by atoms with E-state index in [0.29, 0.717) is 5.56 Å². The average Bonchev–Trinajstić information content (AvgIpc) is 2.48. The highest BCUT2D eigenvalue weighted by atomic mass is 19.1. The van der Waals surface area contributed by atoms with Gasteiger partial charge in [-0.2, -0.15) is 0 Å². The summed E-state index contributed by atoms with van der Waals surface area (Å²) in [6, 6.07) is 4.89. The van der Waals surface area contributed by atoms with Crippen molar-refractivity contribution >= 4 is 12.0 Å². The Kier molecular flexibility index (Phi) is 5.37. The molecule has 0 bridgehead atoms. The van der Waals surface area contributed by atoms with Crippen molar-refractivity contribution in [2.45, 2.75) is 38.6 Å². The standard InChI is InChI=1S/C17H22FNO2/c1-12-3-7-14(8-4-12)19-17(20)10-6-13-5-9-16(21-2)15(18)11-13/h5-6,9-12,14H,3-4,7-8H2,1-2H3,(H,19,20)/b10-6+. The normalized spacial score (nSPS) is 22.2. The fourth-order valence-corrected chi connectivity index (χ4v) is 2.61. The SMILES string of the molecule is COc1ccc(/C=C/C(=O)NC2CCC(C)CC2)cc1F. The third kappa shape index (κ3) is 4.59. The molecule has 1 fully saturated rings. The van der Waals surface area contributed by atoms with Crippen LogP contribution in [0.2, 0.25) is 0 Å². The topological polar surface area (TPSA) is 38.3 Å². The highest BCUT2D eigenvalue weighted by Crippen LogP contribution is 2.23. The van der Waals surface area contributed by atoms with Crippen molar-refractivity contribution < 1.29 is 13.9 Å². The highest BCUT2D eigenvalue weighted by molar-refractivity contribution is 5.91. The summed E-state index contributed by atoms with van der Waals surface area (Å²) in [5.74, 6) is 0.413. The molecule has 1 aliphatic rings. The first-order chi connectivity index (χ1) is 10.1. The zero-order chi connectivity index (χ0) is 15.2. The fourth-order valence-electron chi connectivity index (χ4n) is 2.61. The lowest BCUT2D eigenvalue weighted by Crippen LogP contribution is -2.36. The molecule has 0 heterocycles. The molecule has 0 saturated heterocycles. The van der Waals surface area contributed by atoms with E-state index in [-0.39, 0.29) is 17.7 Å². The van der Waals surface area contributed by atoms with Crippen LogP contribution in [-0.2, 0) is 4.79 Å². The third-order valence-corrected chi connectivity index (χ3v) is 3.97. The molecular weight excluding hydrogens is 269 g/mol. The molecule has 1 aliphatic carbocycles. The van der Waals surface area contributed by atoms with Crippen molar-refractivity contribution in [2.75, 3.05) is 7.11 Å². The van der Waals surface area contributed by atoms with Crippen LogP contribution in [0.3, 0.4) is 0 Å². The second-order valence-electron chi connectivity index (χ2n) is 5.69. The van der Waals surface area contributed by atoms with E-state index in [0.717, 1.165) is 18.8 Å². The molecule has 1 aromatic rings. The second-order valence-corrected chi connectivity index (χ2v) is 5.69. The quantitative estimate of drug-likeness (QED) is 0.862. The van der Waals surface area contributed by atoms with Crippen LogP contribution in [0.25, 0.3) is 6.08 Å². The van der Waals surface area contributed by atoms with Gasteiger partial charge in [-0.3, -0.25) is 4.79 Å². The fraction of sp³-hybridized carbons (Fsp3) is 0.471. The number of benzene rings is 1. The lowest BCUT2D eigenvalue weighted by Gasteiger charge is -2.26. The van der Waals surface area contributed by atoms with E-state index in [9.17, 15) is 9.18 Å². The zero-order valence-electron chi connectivity index (χ0n) is 12.6. The smallest absolute Gasteiger partial charge is 0.244 e. The van der Waals surface area contributed by atoms with E-state index >= 15 is 0 Å². The van der Waals surface area contributed by atoms with Crippen molar-refractivity contribution in [1.29, 1.82) is 0 Å². The van der Waals surface area contributed by atoms with E-state index < -0.39 is 5.82 Å². The first kappa shape index (κ1) is 15.5. The van der Waals surface area contributed by atoms with Gasteiger partial charge in [-0.05, 0) is 55.4 Å². The van der Waals surface area contributed by atoms with Crippen LogP contribution >= 0.6 is 0 Å². The number of rotatable bonds is 4. The van der Waals surface area contributed by atoms with Crippen LogP contribution < -0.4 is 10.1 Å². The Morgan fingerprint density at radius 2 is 2.05 bits per heavy atom. The Hall–Kier alpha value is -1.84. The second kappa shape index (κ2) is 7.25. The van der Waals surface area contributed by atoms with Crippen LogP contribution in [0.4, 0.5) is 4.39 Å². The van der Waals surface area contributed by atoms with E-state index in [1.165, 1.54) is 32.1 Å². The molecule has 2 rings (SSSR count). The Labute approximate surface area is 125 Å². The molecule has 0 unspecified atom stereocenters. The lowest BCUT2D eigenvalue weighted by molar-refractivity contribution is -0.117. The van der Waals surface area contributed by atoms with E-state index in [4.69, 9.17) is 4.74 Å². The summed E-state index contributed by atoms with van der Waals surface area (Å²) < 4.78 is 18.4. The van der Waals surface area contributed by atoms with Gasteiger partial charge in [0.2, 0.25) is 5.91 Å². The van der Waals surface area contributed by atoms with Crippen molar-refractivity contribution in [3.05, 3.63) is 35.7 Å². The summed E-state index contributed by atoms with van der Waals surface area (Å²) in [7, 11) is 1.42. The molecule has 0 aromatic heterocycles. The molecule has 0 aliphatic heterocycles. The molecule has 0 radical (unpaired) electrons. The van der Waals surface area contributed by atoms with Gasteiger partial charge in [-0.1, -0.05) is 13.0 Å². The molecule has 1 N–H and O–H groups in total. The summed E-state index contributed by atoms with van der Waals surface area (Å²) in [6.07, 6.45) is 7.48. The van der Waals surface area contributed by atoms with E-state index in [1.54, 1.807) is 18.2 Å². The monoisotopic (exact) mass is 291 g/mol. The van der Waals surface area contributed by atoms with Crippen LogP contribution in [0.15, 0.2) is 24.3 Å². The summed E-state index contributed by atoms with van der Waals surface area (Å²) >= 11 is 0. The van der Waals surface area contributed by atoms with Gasteiger partial charge in [0.25, 0.3) is 0 Å². The van der Waals surface area contributed by atoms with Crippen molar-refractivity contribution in [2.24, 2.45) is 5.92 Å². The average molecular weight is 291 g/mol. The minimum absolute atomic E-state index is 0.120. The number of halogens is 1. The Morgan fingerprint density at radius 3 is 2.67 bits per heavy atom. The number of hydrogen-bond acceptors (Lipinski definition) is 2. The van der Waals surface area contributed by atoms with Crippen LogP contribution in [0, 0.1) is 11.7 Å². The first-order valence-corrected chi connectivity index (χ1v) is 7.40. The molecular formula is C17H22FNO2. The number of ether oxygens (including phenoxy) is 1. The number of carbonyl (C=O) groups excluding carboxylic acids is 1. The van der Waals surface area contributed by atoms with Gasteiger partial charge >= 0.3 is 0 Å². The summed E-state index contributed by atoms with van der Waals surface area (Å²) in [5.41, 5.74) is 0.640. The molecule has 3 nitrogen and oxygen atoms in total. The maximum absolute atomic E-state index is 13.5. The zero-order valence-corrected chi connectivity index (χ0v) is 12.6. The number of carbonyl (C=O) groups is 1. The third-order valence-electron chi connectivity index (χ3n) is 3.97. The number of amides is 1. The molecule has 1 amide bonds. The molecule has 0 atom stereocenters. The molecule has 0 spiro atoms. The van der Waals surface area contributed by atoms with Crippen LogP contribution in [0.5, 0.6) is 5.75 Å². The lowest BCUT2D eigenvalue weighted by atomic mass is 9.87. The minimum atomic E-state index is -0.429. The predicted molar refractivity (Wildman–Crippen MR) is 81.5 cm³/mol. The van der Waals surface area contributed by atoms with Gasteiger partial charge in [0.15, 0.2) is 11.6 Å². The van der Waals surface area contributed by atoms with Crippen LogP contribution in [0.1, 0.15) is 38.2 Å². The van der Waals surface area contributed by atoms with Gasteiger partial charge in [0.1, 0.15) is 0 Å². The molecule has 21 heavy (non-hydrogen) atoms. The first-order valence-electron chi connectivity index (χ1n) is 7.40. The summed E-state index contributed by atoms with van der Waals surface area (Å²) in [6.45, 7) is 2.25. The molecule has 1 saturated carbocycles. The van der Waals surface area contributed by atoms with E-state index in [2.05, 4.69) is 12.2 Å².